The molecule has 0 aliphatic carbocycles. The van der Waals surface area contributed by atoms with Crippen molar-refractivity contribution in [1.82, 2.24) is 5.32 Å². The number of hydrogen-bond donors (Lipinski definition) is 1. The minimum Gasteiger partial charge on any atom is -0.383 e. The van der Waals surface area contributed by atoms with Crippen LogP contribution in [0.15, 0.2) is 23.1 Å². The van der Waals surface area contributed by atoms with Crippen molar-refractivity contribution in [1.29, 1.82) is 0 Å². The largest absolute Gasteiger partial charge is 0.383 e. The molecular weight excluding hydrogens is 230 g/mol. The molecule has 0 aliphatic rings. The Kier molecular flexibility index (Phi) is 6.63. The lowest BCUT2D eigenvalue weighted by atomic mass is 10.1. The predicted molar refractivity (Wildman–Crippen MR) is 76.0 cm³/mol. The van der Waals surface area contributed by atoms with E-state index >= 15 is 0 Å². The monoisotopic (exact) mass is 253 g/mol. The van der Waals surface area contributed by atoms with E-state index in [1.165, 1.54) is 16.0 Å². The number of nitrogens with one attached hydrogen (secondary N) is 1. The lowest BCUT2D eigenvalue weighted by Crippen LogP contribution is -2.31. The van der Waals surface area contributed by atoms with Crippen molar-refractivity contribution in [3.63, 3.8) is 0 Å². The summed E-state index contributed by atoms with van der Waals surface area (Å²) in [6, 6.07) is 7.09. The van der Waals surface area contributed by atoms with Gasteiger partial charge in [-0.1, -0.05) is 6.07 Å². The maximum absolute atomic E-state index is 5.08. The van der Waals surface area contributed by atoms with Crippen LogP contribution >= 0.6 is 11.8 Å². The highest BCUT2D eigenvalue weighted by Gasteiger charge is 2.00. The molecule has 0 bridgehead atoms. The highest BCUT2D eigenvalue weighted by molar-refractivity contribution is 7.99. The first-order valence-corrected chi connectivity index (χ1v) is 7.04. The number of aryl methyl sites for hydroxylation is 2. The number of benzene rings is 1. The molecule has 0 amide bonds. The Hall–Kier alpha value is -0.510. The van der Waals surface area contributed by atoms with E-state index in [4.69, 9.17) is 4.74 Å². The molecule has 0 spiro atoms. The number of hydrogen-bond acceptors (Lipinski definition) is 3. The molecule has 3 heteroatoms. The van der Waals surface area contributed by atoms with Crippen molar-refractivity contribution in [2.45, 2.75) is 31.7 Å². The van der Waals surface area contributed by atoms with Crippen molar-refractivity contribution in [2.75, 3.05) is 26.0 Å². The summed E-state index contributed by atoms with van der Waals surface area (Å²) in [7, 11) is 1.74. The third-order valence-electron chi connectivity index (χ3n) is 2.76. The molecule has 17 heavy (non-hydrogen) atoms. The Morgan fingerprint density at radius 3 is 2.71 bits per heavy atom. The van der Waals surface area contributed by atoms with Crippen LogP contribution in [-0.4, -0.2) is 32.1 Å². The minimum absolute atomic E-state index is 0.431. The second kappa shape index (κ2) is 7.75. The van der Waals surface area contributed by atoms with E-state index in [9.17, 15) is 0 Å². The molecule has 0 radical (unpaired) electrons. The van der Waals surface area contributed by atoms with E-state index < -0.39 is 0 Å². The Morgan fingerprint density at radius 1 is 1.29 bits per heavy atom. The summed E-state index contributed by atoms with van der Waals surface area (Å²) >= 11 is 1.90. The molecule has 1 N–H and O–H groups in total. The first-order chi connectivity index (χ1) is 8.13. The van der Waals surface area contributed by atoms with Crippen LogP contribution in [0, 0.1) is 13.8 Å². The first kappa shape index (κ1) is 14.6. The zero-order valence-corrected chi connectivity index (χ0v) is 12.1. The van der Waals surface area contributed by atoms with Gasteiger partial charge >= 0.3 is 0 Å². The van der Waals surface area contributed by atoms with E-state index in [2.05, 4.69) is 44.3 Å². The van der Waals surface area contributed by atoms with Gasteiger partial charge in [-0.25, -0.2) is 0 Å². The SMILES string of the molecule is COCC(C)NCCSc1ccc(C)c(C)c1. The fraction of sp³-hybridized carbons (Fsp3) is 0.571. The van der Waals surface area contributed by atoms with Gasteiger partial charge in [0.25, 0.3) is 0 Å². The summed E-state index contributed by atoms with van der Waals surface area (Å²) < 4.78 is 5.08. The van der Waals surface area contributed by atoms with Gasteiger partial charge in [-0.15, -0.1) is 11.8 Å². The normalized spacial score (nSPS) is 12.7. The zero-order chi connectivity index (χ0) is 12.7. The van der Waals surface area contributed by atoms with Crippen LogP contribution in [0.5, 0.6) is 0 Å². The lowest BCUT2D eigenvalue weighted by Gasteiger charge is -2.12. The maximum atomic E-state index is 5.08. The molecule has 1 unspecified atom stereocenters. The third kappa shape index (κ3) is 5.57. The Bertz CT molecular complexity index is 341. The van der Waals surface area contributed by atoms with Gasteiger partial charge in [0.1, 0.15) is 0 Å². The molecule has 0 heterocycles. The van der Waals surface area contributed by atoms with Crippen LogP contribution in [0.4, 0.5) is 0 Å². The van der Waals surface area contributed by atoms with Crippen LogP contribution in [0.1, 0.15) is 18.1 Å². The van der Waals surface area contributed by atoms with Gasteiger partial charge in [-0.2, -0.15) is 0 Å². The highest BCUT2D eigenvalue weighted by atomic mass is 32.2. The molecular formula is C14H23NOS. The van der Waals surface area contributed by atoms with Crippen LogP contribution in [0.3, 0.4) is 0 Å². The van der Waals surface area contributed by atoms with Gasteiger partial charge in [-0.05, 0) is 44.0 Å². The molecule has 1 atom stereocenters. The van der Waals surface area contributed by atoms with Gasteiger partial charge in [0.15, 0.2) is 0 Å². The molecule has 0 saturated carbocycles. The molecule has 1 aromatic rings. The summed E-state index contributed by atoms with van der Waals surface area (Å²) in [5, 5.41) is 3.43. The van der Waals surface area contributed by atoms with E-state index in [0.717, 1.165) is 18.9 Å². The molecule has 1 rings (SSSR count). The van der Waals surface area contributed by atoms with Gasteiger partial charge in [0.05, 0.1) is 6.61 Å². The fourth-order valence-corrected chi connectivity index (χ4v) is 2.47. The standard InChI is InChI=1S/C14H23NOS/c1-11-5-6-14(9-12(11)2)17-8-7-15-13(3)10-16-4/h5-6,9,13,15H,7-8,10H2,1-4H3. The van der Waals surface area contributed by atoms with Gasteiger partial charge < -0.3 is 10.1 Å². The third-order valence-corrected chi connectivity index (χ3v) is 3.75. The van der Waals surface area contributed by atoms with Gasteiger partial charge in [-0.3, -0.25) is 0 Å². The lowest BCUT2D eigenvalue weighted by molar-refractivity contribution is 0.173. The van der Waals surface area contributed by atoms with E-state index in [0.29, 0.717) is 6.04 Å². The topological polar surface area (TPSA) is 21.3 Å². The van der Waals surface area contributed by atoms with Crippen LogP contribution < -0.4 is 5.32 Å². The number of ether oxygens (including phenoxy) is 1. The van der Waals surface area contributed by atoms with Crippen molar-refractivity contribution in [3.05, 3.63) is 29.3 Å². The Balaban J connectivity index is 2.24. The molecule has 0 aromatic heterocycles. The maximum Gasteiger partial charge on any atom is 0.0613 e. The molecule has 0 fully saturated rings. The second-order valence-corrected chi connectivity index (χ2v) is 5.57. The quantitative estimate of drug-likeness (QED) is 0.596. The van der Waals surface area contributed by atoms with Crippen molar-refractivity contribution in [2.24, 2.45) is 0 Å². The van der Waals surface area contributed by atoms with Gasteiger partial charge in [0.2, 0.25) is 0 Å². The van der Waals surface area contributed by atoms with E-state index in [-0.39, 0.29) is 0 Å². The summed E-state index contributed by atoms with van der Waals surface area (Å²) in [6.45, 7) is 8.25. The number of methoxy groups -OCH3 is 1. The highest BCUT2D eigenvalue weighted by Crippen LogP contribution is 2.20. The zero-order valence-electron chi connectivity index (χ0n) is 11.2. The summed E-state index contributed by atoms with van der Waals surface area (Å²) in [6.07, 6.45) is 0. The molecule has 0 saturated heterocycles. The Morgan fingerprint density at radius 2 is 2.06 bits per heavy atom. The smallest absolute Gasteiger partial charge is 0.0613 e. The fourth-order valence-electron chi connectivity index (χ4n) is 1.59. The van der Waals surface area contributed by atoms with Crippen molar-refractivity contribution >= 4 is 11.8 Å². The second-order valence-electron chi connectivity index (χ2n) is 4.41. The average Bonchev–Trinajstić information content (AvgIpc) is 2.29. The summed E-state index contributed by atoms with van der Waals surface area (Å²) in [5.74, 6) is 1.09. The molecule has 0 aliphatic heterocycles. The van der Waals surface area contributed by atoms with E-state index in [1.807, 2.05) is 11.8 Å². The van der Waals surface area contributed by atoms with Crippen LogP contribution in [-0.2, 0) is 4.74 Å². The van der Waals surface area contributed by atoms with E-state index in [1.54, 1.807) is 7.11 Å². The van der Waals surface area contributed by atoms with Crippen LogP contribution in [0.25, 0.3) is 0 Å². The summed E-state index contributed by atoms with van der Waals surface area (Å²) in [5.41, 5.74) is 2.73. The molecule has 2 nitrogen and oxygen atoms in total. The minimum atomic E-state index is 0.431. The van der Waals surface area contributed by atoms with Gasteiger partial charge in [0, 0.05) is 30.3 Å². The summed E-state index contributed by atoms with van der Waals surface area (Å²) in [4.78, 5) is 1.36. The first-order valence-electron chi connectivity index (χ1n) is 6.06. The van der Waals surface area contributed by atoms with Crippen molar-refractivity contribution in [3.8, 4) is 0 Å². The predicted octanol–water partition coefficient (Wildman–Crippen LogP) is 3.02. The van der Waals surface area contributed by atoms with Crippen molar-refractivity contribution < 1.29 is 4.74 Å². The molecule has 96 valence electrons. The average molecular weight is 253 g/mol. The van der Waals surface area contributed by atoms with Crippen LogP contribution in [0.2, 0.25) is 0 Å². The molecule has 1 aromatic carbocycles. The number of thioether (sulfide) groups is 1. The number of rotatable bonds is 7. The Labute approximate surface area is 109 Å².